The lowest BCUT2D eigenvalue weighted by Crippen LogP contribution is -2.14. The van der Waals surface area contributed by atoms with Crippen molar-refractivity contribution in [3.05, 3.63) is 77.4 Å². The van der Waals surface area contributed by atoms with Gasteiger partial charge in [0.15, 0.2) is 5.58 Å². The predicted molar refractivity (Wildman–Crippen MR) is 119 cm³/mol. The minimum Gasteiger partial charge on any atom is -0.507 e. The smallest absolute Gasteiger partial charge is 0.255 e. The molecule has 1 amide bonds. The third-order valence-corrected chi connectivity index (χ3v) is 5.04. The molecule has 0 atom stereocenters. The molecule has 4 aromatic rings. The first-order valence-electron chi connectivity index (χ1n) is 9.83. The number of benzene rings is 3. The minimum absolute atomic E-state index is 0.0268. The zero-order chi connectivity index (χ0) is 21.5. The summed E-state index contributed by atoms with van der Waals surface area (Å²) in [6.45, 7) is 8.38. The van der Waals surface area contributed by atoms with Gasteiger partial charge in [-0.15, -0.1) is 0 Å². The summed E-state index contributed by atoms with van der Waals surface area (Å²) in [6, 6.07) is 18.1. The molecule has 30 heavy (non-hydrogen) atoms. The maximum Gasteiger partial charge on any atom is 0.255 e. The highest BCUT2D eigenvalue weighted by Gasteiger charge is 2.16. The largest absolute Gasteiger partial charge is 0.507 e. The van der Waals surface area contributed by atoms with Crippen LogP contribution in [0.5, 0.6) is 5.75 Å². The van der Waals surface area contributed by atoms with E-state index >= 15 is 0 Å². The van der Waals surface area contributed by atoms with Crippen molar-refractivity contribution in [2.24, 2.45) is 0 Å². The van der Waals surface area contributed by atoms with E-state index in [1.165, 1.54) is 6.07 Å². The summed E-state index contributed by atoms with van der Waals surface area (Å²) < 4.78 is 5.80. The van der Waals surface area contributed by atoms with Gasteiger partial charge in [0.25, 0.3) is 5.91 Å². The van der Waals surface area contributed by atoms with Crippen LogP contribution in [0.2, 0.25) is 0 Å². The second-order valence-corrected chi connectivity index (χ2v) is 8.50. The van der Waals surface area contributed by atoms with Crippen LogP contribution < -0.4 is 5.32 Å². The van der Waals surface area contributed by atoms with Crippen LogP contribution in [-0.2, 0) is 5.41 Å². The Labute approximate surface area is 175 Å². The molecule has 1 aromatic heterocycles. The quantitative estimate of drug-likeness (QED) is 0.410. The van der Waals surface area contributed by atoms with Gasteiger partial charge in [-0.05, 0) is 65.9 Å². The van der Waals surface area contributed by atoms with E-state index in [-0.39, 0.29) is 17.1 Å². The zero-order valence-electron chi connectivity index (χ0n) is 17.5. The van der Waals surface area contributed by atoms with E-state index in [0.29, 0.717) is 28.3 Å². The molecule has 3 aromatic carbocycles. The summed E-state index contributed by atoms with van der Waals surface area (Å²) in [6.07, 6.45) is 0. The lowest BCUT2D eigenvalue weighted by atomic mass is 9.87. The molecule has 0 aliphatic rings. The number of aromatic nitrogens is 1. The number of carbonyl (C=O) groups is 1. The van der Waals surface area contributed by atoms with Crippen LogP contribution in [0.4, 0.5) is 5.69 Å². The van der Waals surface area contributed by atoms with Crippen LogP contribution >= 0.6 is 0 Å². The van der Waals surface area contributed by atoms with Crippen molar-refractivity contribution in [1.82, 2.24) is 4.98 Å². The standard InChI is InChI=1S/C25H24N2O3/c1-15-5-12-22-20(13-15)27-24(30-22)19-14-18(10-11-21(19)28)26-23(29)16-6-8-17(9-7-16)25(2,3)4/h5-14,28H,1-4H3,(H,26,29). The van der Waals surface area contributed by atoms with Gasteiger partial charge in [0.2, 0.25) is 5.89 Å². The first kappa shape index (κ1) is 19.7. The molecule has 0 aliphatic heterocycles. The van der Waals surface area contributed by atoms with E-state index < -0.39 is 0 Å². The number of amides is 1. The molecule has 5 nitrogen and oxygen atoms in total. The molecule has 0 saturated heterocycles. The van der Waals surface area contributed by atoms with Gasteiger partial charge in [0, 0.05) is 11.3 Å². The van der Waals surface area contributed by atoms with Crippen LogP contribution in [0, 0.1) is 6.92 Å². The van der Waals surface area contributed by atoms with E-state index in [0.717, 1.165) is 16.6 Å². The SMILES string of the molecule is Cc1ccc2oc(-c3cc(NC(=O)c4ccc(C(C)(C)C)cc4)ccc3O)nc2c1. The number of hydrogen-bond acceptors (Lipinski definition) is 4. The maximum atomic E-state index is 12.7. The van der Waals surface area contributed by atoms with Crippen LogP contribution in [0.15, 0.2) is 65.1 Å². The van der Waals surface area contributed by atoms with Crippen molar-refractivity contribution in [2.45, 2.75) is 33.1 Å². The summed E-state index contributed by atoms with van der Waals surface area (Å²) in [4.78, 5) is 17.1. The number of rotatable bonds is 3. The van der Waals surface area contributed by atoms with Gasteiger partial charge in [-0.2, -0.15) is 0 Å². The molecule has 0 aliphatic carbocycles. The number of aryl methyl sites for hydroxylation is 1. The highest BCUT2D eigenvalue weighted by molar-refractivity contribution is 6.04. The van der Waals surface area contributed by atoms with Crippen molar-refractivity contribution in [2.75, 3.05) is 5.32 Å². The van der Waals surface area contributed by atoms with Crippen LogP contribution in [0.3, 0.4) is 0 Å². The first-order chi connectivity index (χ1) is 14.2. The van der Waals surface area contributed by atoms with E-state index in [1.807, 2.05) is 49.4 Å². The second kappa shape index (κ2) is 7.34. The average Bonchev–Trinajstić information content (AvgIpc) is 3.11. The number of phenols is 1. The minimum atomic E-state index is -0.222. The Kier molecular flexibility index (Phi) is 4.82. The molecular weight excluding hydrogens is 376 g/mol. The predicted octanol–water partition coefficient (Wildman–Crippen LogP) is 6.06. The third-order valence-electron chi connectivity index (χ3n) is 5.04. The highest BCUT2D eigenvalue weighted by Crippen LogP contribution is 2.33. The monoisotopic (exact) mass is 400 g/mol. The molecule has 0 bridgehead atoms. The summed E-state index contributed by atoms with van der Waals surface area (Å²) >= 11 is 0. The van der Waals surface area contributed by atoms with E-state index in [2.05, 4.69) is 31.1 Å². The summed E-state index contributed by atoms with van der Waals surface area (Å²) in [5.74, 6) is 0.116. The van der Waals surface area contributed by atoms with E-state index in [1.54, 1.807) is 12.1 Å². The fourth-order valence-corrected chi connectivity index (χ4v) is 3.26. The van der Waals surface area contributed by atoms with Gasteiger partial charge in [0.1, 0.15) is 11.3 Å². The second-order valence-electron chi connectivity index (χ2n) is 8.50. The molecule has 5 heteroatoms. The van der Waals surface area contributed by atoms with E-state index in [9.17, 15) is 9.90 Å². The fraction of sp³-hybridized carbons (Fsp3) is 0.200. The summed E-state index contributed by atoms with van der Waals surface area (Å²) in [5.41, 5.74) is 5.16. The molecule has 0 radical (unpaired) electrons. The van der Waals surface area contributed by atoms with Crippen molar-refractivity contribution < 1.29 is 14.3 Å². The molecule has 0 spiro atoms. The van der Waals surface area contributed by atoms with Crippen molar-refractivity contribution in [1.29, 1.82) is 0 Å². The topological polar surface area (TPSA) is 75.4 Å². The normalized spacial score (nSPS) is 11.6. The van der Waals surface area contributed by atoms with E-state index in [4.69, 9.17) is 4.42 Å². The van der Waals surface area contributed by atoms with Crippen LogP contribution in [-0.4, -0.2) is 16.0 Å². The van der Waals surface area contributed by atoms with Crippen LogP contribution in [0.25, 0.3) is 22.6 Å². The lowest BCUT2D eigenvalue weighted by Gasteiger charge is -2.19. The van der Waals surface area contributed by atoms with Gasteiger partial charge in [-0.3, -0.25) is 4.79 Å². The van der Waals surface area contributed by atoms with Gasteiger partial charge < -0.3 is 14.8 Å². The highest BCUT2D eigenvalue weighted by atomic mass is 16.3. The molecule has 152 valence electrons. The van der Waals surface area contributed by atoms with Crippen molar-refractivity contribution in [3.8, 4) is 17.2 Å². The Morgan fingerprint density at radius 3 is 2.43 bits per heavy atom. The number of carbonyl (C=O) groups excluding carboxylic acids is 1. The van der Waals surface area contributed by atoms with Gasteiger partial charge in [0.05, 0.1) is 5.56 Å². The van der Waals surface area contributed by atoms with Gasteiger partial charge >= 0.3 is 0 Å². The Balaban J connectivity index is 1.60. The molecule has 4 rings (SSSR count). The number of oxazole rings is 1. The van der Waals surface area contributed by atoms with Crippen molar-refractivity contribution in [3.63, 3.8) is 0 Å². The number of nitrogens with zero attached hydrogens (tertiary/aromatic N) is 1. The lowest BCUT2D eigenvalue weighted by molar-refractivity contribution is 0.102. The maximum absolute atomic E-state index is 12.7. The third kappa shape index (κ3) is 3.92. The molecule has 0 unspecified atom stereocenters. The average molecular weight is 400 g/mol. The van der Waals surface area contributed by atoms with Crippen LogP contribution in [0.1, 0.15) is 42.3 Å². The molecule has 2 N–H and O–H groups in total. The Bertz CT molecular complexity index is 1230. The number of aromatic hydroxyl groups is 1. The number of nitrogens with one attached hydrogen (secondary N) is 1. The first-order valence-corrected chi connectivity index (χ1v) is 9.83. The molecular formula is C25H24N2O3. The number of anilines is 1. The summed E-state index contributed by atoms with van der Waals surface area (Å²) in [5, 5.41) is 13.2. The van der Waals surface area contributed by atoms with Crippen molar-refractivity contribution >= 4 is 22.7 Å². The Morgan fingerprint density at radius 2 is 1.73 bits per heavy atom. The number of fused-ring (bicyclic) bond motifs is 1. The molecule has 1 heterocycles. The Hall–Kier alpha value is -3.60. The summed E-state index contributed by atoms with van der Waals surface area (Å²) in [7, 11) is 0. The number of hydrogen-bond donors (Lipinski definition) is 2. The zero-order valence-corrected chi connectivity index (χ0v) is 17.5. The number of phenolic OH excluding ortho intramolecular Hbond substituents is 1. The fourth-order valence-electron chi connectivity index (χ4n) is 3.26. The Morgan fingerprint density at radius 1 is 1.00 bits per heavy atom. The van der Waals surface area contributed by atoms with Gasteiger partial charge in [-0.1, -0.05) is 39.0 Å². The van der Waals surface area contributed by atoms with Gasteiger partial charge in [-0.25, -0.2) is 4.98 Å². The molecule has 0 saturated carbocycles. The molecule has 0 fully saturated rings.